The van der Waals surface area contributed by atoms with Gasteiger partial charge in [0.25, 0.3) is 11.8 Å². The zero-order chi connectivity index (χ0) is 28.1. The van der Waals surface area contributed by atoms with Gasteiger partial charge in [-0.3, -0.25) is 19.3 Å². The molecular formula is C22H25N9O6S2. The van der Waals surface area contributed by atoms with E-state index in [4.69, 9.17) is 4.84 Å². The number of aromatic nitrogens is 5. The van der Waals surface area contributed by atoms with Crippen molar-refractivity contribution in [1.29, 1.82) is 0 Å². The summed E-state index contributed by atoms with van der Waals surface area (Å²) in [5.41, 5.74) is 0.357. The van der Waals surface area contributed by atoms with Crippen LogP contribution in [0.3, 0.4) is 0 Å². The molecule has 0 saturated carbocycles. The molecule has 3 amide bonds. The number of fused-ring (bicyclic) bond motifs is 1. The molecule has 15 nitrogen and oxygen atoms in total. The molecular weight excluding hydrogens is 550 g/mol. The molecule has 0 spiro atoms. The first-order valence-electron chi connectivity index (χ1n) is 11.6. The van der Waals surface area contributed by atoms with Crippen LogP contribution in [0.4, 0.5) is 5.82 Å². The van der Waals surface area contributed by atoms with Gasteiger partial charge in [0.15, 0.2) is 5.71 Å². The maximum Gasteiger partial charge on any atom is 0.352 e. The third-order valence-corrected chi connectivity index (χ3v) is 7.91. The minimum Gasteiger partial charge on any atom is -0.477 e. The lowest BCUT2D eigenvalue weighted by molar-refractivity contribution is -0.150. The van der Waals surface area contributed by atoms with Gasteiger partial charge in [0.05, 0.1) is 0 Å². The van der Waals surface area contributed by atoms with E-state index in [-0.39, 0.29) is 41.2 Å². The highest BCUT2D eigenvalue weighted by molar-refractivity contribution is 8.01. The summed E-state index contributed by atoms with van der Waals surface area (Å²) in [6, 6.07) is 3.64. The predicted octanol–water partition coefficient (Wildman–Crippen LogP) is 0.0810. The van der Waals surface area contributed by atoms with Gasteiger partial charge in [0.1, 0.15) is 35.2 Å². The summed E-state index contributed by atoms with van der Waals surface area (Å²) >= 11 is 2.60. The molecule has 1 unspecified atom stereocenters. The Morgan fingerprint density at radius 2 is 2.18 bits per heavy atom. The van der Waals surface area contributed by atoms with Gasteiger partial charge in [-0.1, -0.05) is 36.8 Å². The van der Waals surface area contributed by atoms with E-state index < -0.39 is 29.2 Å². The number of tetrazole rings is 1. The Morgan fingerprint density at radius 3 is 2.85 bits per heavy atom. The van der Waals surface area contributed by atoms with Gasteiger partial charge in [-0.25, -0.2) is 14.5 Å². The van der Waals surface area contributed by atoms with Crippen molar-refractivity contribution in [3.8, 4) is 0 Å². The van der Waals surface area contributed by atoms with Gasteiger partial charge in [-0.05, 0) is 34.1 Å². The normalized spacial score (nSPS) is 18.9. The largest absolute Gasteiger partial charge is 0.477 e. The van der Waals surface area contributed by atoms with Crippen LogP contribution < -0.4 is 10.6 Å². The predicted molar refractivity (Wildman–Crippen MR) is 140 cm³/mol. The number of carboxylic acids is 1. The number of aryl methyl sites for hydroxylation is 1. The molecule has 4 heterocycles. The van der Waals surface area contributed by atoms with Crippen LogP contribution in [0.25, 0.3) is 0 Å². The number of β-lactam (4-membered cyclic amide) rings is 1. The van der Waals surface area contributed by atoms with Crippen molar-refractivity contribution >= 4 is 59.2 Å². The van der Waals surface area contributed by atoms with Crippen molar-refractivity contribution < 1.29 is 29.1 Å². The number of amides is 3. The lowest BCUT2D eigenvalue weighted by atomic mass is 10.0. The van der Waals surface area contributed by atoms with Crippen molar-refractivity contribution in [2.24, 2.45) is 18.1 Å². The topological polar surface area (TPSA) is 194 Å². The van der Waals surface area contributed by atoms with Crippen molar-refractivity contribution in [1.82, 2.24) is 35.4 Å². The number of hydrogen-bond acceptors (Lipinski definition) is 12. The molecule has 2 aliphatic rings. The summed E-state index contributed by atoms with van der Waals surface area (Å²) in [4.78, 5) is 60.0. The summed E-state index contributed by atoms with van der Waals surface area (Å²) < 4.78 is 1.47. The van der Waals surface area contributed by atoms with Crippen molar-refractivity contribution in [3.63, 3.8) is 0 Å². The van der Waals surface area contributed by atoms with E-state index in [0.29, 0.717) is 22.9 Å². The number of carbonyl (C=O) groups excluding carboxylic acids is 3. The van der Waals surface area contributed by atoms with Crippen LogP contribution in [0.5, 0.6) is 0 Å². The van der Waals surface area contributed by atoms with Gasteiger partial charge < -0.3 is 20.6 Å². The number of hydrogen-bond donors (Lipinski definition) is 3. The van der Waals surface area contributed by atoms with Crippen molar-refractivity contribution in [2.45, 2.75) is 30.4 Å². The Labute approximate surface area is 230 Å². The number of nitrogens with zero attached hydrogens (tertiary/aromatic N) is 7. The highest BCUT2D eigenvalue weighted by atomic mass is 32.2. The number of nitrogens with one attached hydrogen (secondary N) is 2. The van der Waals surface area contributed by atoms with Gasteiger partial charge in [0.2, 0.25) is 11.6 Å². The standard InChI is InChI=1S/C22H25N9O6S2/c1-11(2)7-37-27-15(13-5-4-6-14(24-13)23-10-32)18(33)25-16-19(34)31-17(21(35)36)12(8-38-20(16)31)9-39-22-26-28-29-30(22)3/h4-6,10-11,16,20H,7-9H2,1-3H3,(H,25,33)(H,35,36)(H,23,24,32)/t16?,20-/m0/s1. The molecule has 0 bridgehead atoms. The molecule has 206 valence electrons. The number of carboxylic acid groups (broad SMARTS) is 1. The zero-order valence-corrected chi connectivity index (χ0v) is 22.7. The number of pyridine rings is 1. The molecule has 1 fully saturated rings. The summed E-state index contributed by atoms with van der Waals surface area (Å²) in [6.07, 6.45) is 0.449. The SMILES string of the molecule is CC(C)CON=C(C(=O)NC1C(=O)N2C(C(=O)O)=C(CSc3nnnn3C)CS[C@@H]12)c1cccc(NC=O)n1. The number of aliphatic carboxylic acids is 1. The Kier molecular flexibility index (Phi) is 8.80. The first-order chi connectivity index (χ1) is 18.7. The molecule has 2 atom stereocenters. The molecule has 3 N–H and O–H groups in total. The lowest BCUT2D eigenvalue weighted by Gasteiger charge is -2.49. The van der Waals surface area contributed by atoms with Crippen LogP contribution >= 0.6 is 23.5 Å². The molecule has 39 heavy (non-hydrogen) atoms. The monoisotopic (exact) mass is 575 g/mol. The minimum absolute atomic E-state index is 0.111. The summed E-state index contributed by atoms with van der Waals surface area (Å²) in [6.45, 7) is 4.05. The van der Waals surface area contributed by atoms with Gasteiger partial charge in [-0.2, -0.15) is 0 Å². The molecule has 4 rings (SSSR count). The van der Waals surface area contributed by atoms with Crippen molar-refractivity contribution in [2.75, 3.05) is 23.4 Å². The Hall–Kier alpha value is -3.99. The Balaban J connectivity index is 1.52. The number of carbonyl (C=O) groups is 4. The molecule has 2 aromatic heterocycles. The van der Waals surface area contributed by atoms with E-state index in [1.54, 1.807) is 13.1 Å². The number of rotatable bonds is 12. The fourth-order valence-corrected chi connectivity index (χ4v) is 6.00. The molecule has 2 aliphatic heterocycles. The summed E-state index contributed by atoms with van der Waals surface area (Å²) in [7, 11) is 1.67. The van der Waals surface area contributed by atoms with Crippen LogP contribution in [0.1, 0.15) is 19.5 Å². The average Bonchev–Trinajstić information content (AvgIpc) is 3.32. The second-order valence-corrected chi connectivity index (χ2v) is 10.8. The van der Waals surface area contributed by atoms with E-state index in [2.05, 4.69) is 36.3 Å². The van der Waals surface area contributed by atoms with Crippen LogP contribution in [-0.2, 0) is 31.1 Å². The zero-order valence-electron chi connectivity index (χ0n) is 21.1. The number of anilines is 1. The van der Waals surface area contributed by atoms with Gasteiger partial charge in [-0.15, -0.1) is 16.9 Å². The molecule has 17 heteroatoms. The van der Waals surface area contributed by atoms with Crippen LogP contribution in [0, 0.1) is 5.92 Å². The molecule has 2 aromatic rings. The Bertz CT molecular complexity index is 1340. The molecule has 0 aliphatic carbocycles. The van der Waals surface area contributed by atoms with E-state index in [0.717, 1.165) is 0 Å². The first kappa shape index (κ1) is 28.0. The fourth-order valence-electron chi connectivity index (χ4n) is 3.66. The van der Waals surface area contributed by atoms with Crippen LogP contribution in [0.2, 0.25) is 0 Å². The maximum absolute atomic E-state index is 13.3. The third-order valence-electron chi connectivity index (χ3n) is 5.47. The van der Waals surface area contributed by atoms with E-state index in [9.17, 15) is 24.3 Å². The molecule has 1 saturated heterocycles. The van der Waals surface area contributed by atoms with Gasteiger partial charge in [0, 0.05) is 18.6 Å². The molecule has 0 radical (unpaired) electrons. The quantitative estimate of drug-likeness (QED) is 0.102. The second-order valence-electron chi connectivity index (χ2n) is 8.79. The van der Waals surface area contributed by atoms with E-state index in [1.807, 2.05) is 13.8 Å². The highest BCUT2D eigenvalue weighted by Crippen LogP contribution is 2.41. The number of thioether (sulfide) groups is 2. The second kappa shape index (κ2) is 12.2. The smallest absolute Gasteiger partial charge is 0.352 e. The minimum atomic E-state index is -1.24. The maximum atomic E-state index is 13.3. The highest BCUT2D eigenvalue weighted by Gasteiger charge is 2.54. The summed E-state index contributed by atoms with van der Waals surface area (Å²) in [5, 5.41) is 30.0. The first-order valence-corrected chi connectivity index (χ1v) is 13.7. The molecule has 0 aromatic carbocycles. The van der Waals surface area contributed by atoms with Gasteiger partial charge >= 0.3 is 5.97 Å². The summed E-state index contributed by atoms with van der Waals surface area (Å²) in [5.74, 6) is -1.60. The Morgan fingerprint density at radius 1 is 1.38 bits per heavy atom. The lowest BCUT2D eigenvalue weighted by Crippen LogP contribution is -2.71. The van der Waals surface area contributed by atoms with Crippen LogP contribution in [0.15, 0.2) is 39.8 Å². The van der Waals surface area contributed by atoms with Crippen molar-refractivity contribution in [3.05, 3.63) is 35.2 Å². The van der Waals surface area contributed by atoms with E-state index >= 15 is 0 Å². The number of oxime groups is 1. The van der Waals surface area contributed by atoms with E-state index in [1.165, 1.54) is 45.2 Å². The van der Waals surface area contributed by atoms with Crippen LogP contribution in [-0.4, -0.2) is 94.6 Å². The fraction of sp³-hybridized carbons (Fsp3) is 0.409. The average molecular weight is 576 g/mol. The third kappa shape index (κ3) is 6.19.